The van der Waals surface area contributed by atoms with Crippen LogP contribution in [0, 0.1) is 0 Å². The second kappa shape index (κ2) is 46.9. The summed E-state index contributed by atoms with van der Waals surface area (Å²) in [5, 5.41) is 56.8. The van der Waals surface area contributed by atoms with E-state index in [9.17, 15) is 35.1 Å². The summed E-state index contributed by atoms with van der Waals surface area (Å²) in [4.78, 5) is 26.4. The van der Waals surface area contributed by atoms with Crippen molar-refractivity contribution < 1.29 is 49.3 Å². The molecule has 0 aliphatic carbocycles. The van der Waals surface area contributed by atoms with Crippen LogP contribution >= 0.6 is 0 Å². The van der Waals surface area contributed by atoms with Gasteiger partial charge in [-0.2, -0.15) is 0 Å². The van der Waals surface area contributed by atoms with Crippen LogP contribution in [0.1, 0.15) is 258 Å². The zero-order valence-electron chi connectivity index (χ0n) is 44.4. The van der Waals surface area contributed by atoms with Crippen LogP contribution < -0.4 is 5.32 Å². The Labute approximate surface area is 422 Å². The molecule has 11 heteroatoms. The molecule has 8 atom stereocenters. The van der Waals surface area contributed by atoms with Gasteiger partial charge in [-0.3, -0.25) is 9.59 Å². The van der Waals surface area contributed by atoms with Crippen molar-refractivity contribution in [1.82, 2.24) is 5.32 Å². The lowest BCUT2D eigenvalue weighted by Crippen LogP contribution is -2.61. The van der Waals surface area contributed by atoms with Gasteiger partial charge >= 0.3 is 5.97 Å². The highest BCUT2D eigenvalue weighted by Crippen LogP contribution is 2.26. The van der Waals surface area contributed by atoms with E-state index in [0.29, 0.717) is 19.3 Å². The molecule has 6 N–H and O–H groups in total. The molecule has 0 saturated carbocycles. The number of hydrogen-bond acceptors (Lipinski definition) is 10. The maximum atomic E-state index is 13.4. The summed E-state index contributed by atoms with van der Waals surface area (Å²) in [6.45, 7) is 5.67. The lowest BCUT2D eigenvalue weighted by molar-refractivity contribution is -0.305. The van der Waals surface area contributed by atoms with Gasteiger partial charge in [-0.1, -0.05) is 237 Å². The minimum absolute atomic E-state index is 0.116. The van der Waals surface area contributed by atoms with Crippen molar-refractivity contribution >= 4 is 11.9 Å². The van der Waals surface area contributed by atoms with E-state index in [1.165, 1.54) is 128 Å². The molecular weight excluding hydrogens is 871 g/mol. The number of ether oxygens (including phenoxy) is 3. The van der Waals surface area contributed by atoms with Crippen LogP contribution in [0.2, 0.25) is 0 Å². The Morgan fingerprint density at radius 3 is 1.55 bits per heavy atom. The number of hydrogen-bond donors (Lipinski definition) is 6. The van der Waals surface area contributed by atoms with Crippen LogP contribution in [-0.4, -0.2) is 99.6 Å². The van der Waals surface area contributed by atoms with E-state index in [1.807, 2.05) is 6.08 Å². The Hall–Kier alpha value is -2.12. The van der Waals surface area contributed by atoms with Gasteiger partial charge in [-0.15, -0.1) is 0 Å². The van der Waals surface area contributed by atoms with Gasteiger partial charge in [0.25, 0.3) is 0 Å². The molecule has 0 aromatic carbocycles. The average Bonchev–Trinajstić information content (AvgIpc) is 3.34. The Morgan fingerprint density at radius 1 is 0.580 bits per heavy atom. The summed E-state index contributed by atoms with van der Waals surface area (Å²) in [6.07, 6.45) is 43.3. The summed E-state index contributed by atoms with van der Waals surface area (Å²) in [5.74, 6) is -1.20. The molecule has 69 heavy (non-hydrogen) atoms. The minimum Gasteiger partial charge on any atom is -0.454 e. The summed E-state index contributed by atoms with van der Waals surface area (Å²) in [7, 11) is 0. The Kier molecular flexibility index (Phi) is 44.1. The molecule has 0 aromatic rings. The van der Waals surface area contributed by atoms with E-state index in [-0.39, 0.29) is 13.0 Å². The molecule has 404 valence electrons. The number of carbonyl (C=O) groups is 2. The number of aliphatic hydroxyl groups excluding tert-OH is 5. The maximum Gasteiger partial charge on any atom is 0.306 e. The van der Waals surface area contributed by atoms with Crippen molar-refractivity contribution in [3.63, 3.8) is 0 Å². The van der Waals surface area contributed by atoms with Crippen LogP contribution in [0.4, 0.5) is 0 Å². The van der Waals surface area contributed by atoms with Crippen molar-refractivity contribution in [2.24, 2.45) is 0 Å². The first-order chi connectivity index (χ1) is 33.7. The van der Waals surface area contributed by atoms with Crippen LogP contribution in [0.5, 0.6) is 0 Å². The number of rotatable bonds is 48. The van der Waals surface area contributed by atoms with Crippen molar-refractivity contribution in [3.05, 3.63) is 36.5 Å². The van der Waals surface area contributed by atoms with Gasteiger partial charge in [0, 0.05) is 6.42 Å². The van der Waals surface area contributed by atoms with Gasteiger partial charge in [0.1, 0.15) is 24.4 Å². The van der Waals surface area contributed by atoms with Crippen LogP contribution in [0.25, 0.3) is 0 Å². The van der Waals surface area contributed by atoms with E-state index < -0.39 is 67.4 Å². The van der Waals surface area contributed by atoms with E-state index in [2.05, 4.69) is 50.4 Å². The molecule has 1 heterocycles. The maximum absolute atomic E-state index is 13.4. The molecule has 1 fully saturated rings. The number of amides is 1. The van der Waals surface area contributed by atoms with E-state index in [4.69, 9.17) is 14.2 Å². The first kappa shape index (κ1) is 64.9. The highest BCUT2D eigenvalue weighted by atomic mass is 16.7. The molecule has 0 radical (unpaired) electrons. The average molecular weight is 978 g/mol. The normalized spacial score (nSPS) is 20.0. The standard InChI is InChI=1S/C58H107NO10/c1-4-7-10-13-16-19-22-25-27-30-33-36-39-42-45-51(62)57(66)59-49(50(61)44-41-38-35-32-29-24-21-18-15-12-9-6-3)48-67-58-56(55(65)54(64)52(47-60)68-58)69-53(63)46-43-40-37-34-31-28-26-23-20-17-14-11-8-5-2/h8,11,17,20,41,44,49-52,54-56,58,60-62,64-65H,4-7,9-10,12-16,18-19,21-40,42-43,45-48H2,1-3H3,(H,59,66)/b11-8+,20-17+,44-41+. The molecule has 1 aliphatic heterocycles. The molecule has 1 saturated heterocycles. The predicted octanol–water partition coefficient (Wildman–Crippen LogP) is 12.7. The molecule has 1 aliphatic rings. The largest absolute Gasteiger partial charge is 0.454 e. The van der Waals surface area contributed by atoms with Gasteiger partial charge in [-0.25, -0.2) is 0 Å². The molecule has 1 rings (SSSR count). The third-order valence-electron chi connectivity index (χ3n) is 13.6. The highest BCUT2D eigenvalue weighted by Gasteiger charge is 2.47. The van der Waals surface area contributed by atoms with E-state index in [0.717, 1.165) is 83.5 Å². The van der Waals surface area contributed by atoms with Crippen LogP contribution in [0.3, 0.4) is 0 Å². The Morgan fingerprint density at radius 2 is 1.04 bits per heavy atom. The number of unbranched alkanes of at least 4 members (excludes halogenated alkanes) is 30. The third kappa shape index (κ3) is 35.6. The summed E-state index contributed by atoms with van der Waals surface area (Å²) in [6, 6.07) is -1.02. The lowest BCUT2D eigenvalue weighted by Gasteiger charge is -2.41. The fourth-order valence-electron chi connectivity index (χ4n) is 8.98. The van der Waals surface area contributed by atoms with Crippen molar-refractivity contribution in [1.29, 1.82) is 0 Å². The topological polar surface area (TPSA) is 175 Å². The number of nitrogens with one attached hydrogen (secondary N) is 1. The molecule has 11 nitrogen and oxygen atoms in total. The smallest absolute Gasteiger partial charge is 0.306 e. The van der Waals surface area contributed by atoms with Gasteiger partial charge in [-0.05, 0) is 51.4 Å². The monoisotopic (exact) mass is 978 g/mol. The quantitative estimate of drug-likeness (QED) is 0.0196. The fraction of sp³-hybridized carbons (Fsp3) is 0.862. The molecule has 0 bridgehead atoms. The van der Waals surface area contributed by atoms with Crippen molar-refractivity contribution in [2.75, 3.05) is 13.2 Å². The first-order valence-corrected chi connectivity index (χ1v) is 28.8. The van der Waals surface area contributed by atoms with Gasteiger partial charge in [0.15, 0.2) is 12.4 Å². The number of aliphatic hydroxyl groups is 5. The molecule has 0 aromatic heterocycles. The molecule has 8 unspecified atom stereocenters. The Balaban J connectivity index is 2.73. The second-order valence-corrected chi connectivity index (χ2v) is 20.0. The highest BCUT2D eigenvalue weighted by molar-refractivity contribution is 5.80. The van der Waals surface area contributed by atoms with E-state index >= 15 is 0 Å². The van der Waals surface area contributed by atoms with Gasteiger partial charge in [0.05, 0.1) is 25.4 Å². The predicted molar refractivity (Wildman–Crippen MR) is 283 cm³/mol. The molecule has 1 amide bonds. The number of esters is 1. The number of carbonyl (C=O) groups excluding carboxylic acids is 2. The third-order valence-corrected chi connectivity index (χ3v) is 13.6. The summed E-state index contributed by atoms with van der Waals surface area (Å²) in [5.41, 5.74) is 0. The Bertz CT molecular complexity index is 1260. The lowest BCUT2D eigenvalue weighted by atomic mass is 9.99. The van der Waals surface area contributed by atoms with Gasteiger partial charge < -0.3 is 45.1 Å². The fourth-order valence-corrected chi connectivity index (χ4v) is 8.98. The zero-order valence-corrected chi connectivity index (χ0v) is 44.4. The minimum atomic E-state index is -1.61. The van der Waals surface area contributed by atoms with Crippen LogP contribution in [-0.2, 0) is 23.8 Å². The van der Waals surface area contributed by atoms with Crippen molar-refractivity contribution in [3.8, 4) is 0 Å². The summed E-state index contributed by atoms with van der Waals surface area (Å²) < 4.78 is 17.6. The first-order valence-electron chi connectivity index (χ1n) is 28.8. The van der Waals surface area contributed by atoms with Crippen molar-refractivity contribution in [2.45, 2.75) is 307 Å². The zero-order chi connectivity index (χ0) is 50.4. The molecular formula is C58H107NO10. The second-order valence-electron chi connectivity index (χ2n) is 20.0. The molecule has 0 spiro atoms. The van der Waals surface area contributed by atoms with Crippen LogP contribution in [0.15, 0.2) is 36.5 Å². The SMILES string of the molecule is CC/C=C/C/C=C/CCCCCCCCCC(=O)OC1C(OCC(NC(=O)C(O)CCCCCCCCCCCCCCCC)C(O)/C=C/CCCCCCCCCCCC)OC(CO)C(O)C1O. The van der Waals surface area contributed by atoms with E-state index in [1.54, 1.807) is 6.08 Å². The summed E-state index contributed by atoms with van der Waals surface area (Å²) >= 11 is 0. The van der Waals surface area contributed by atoms with Gasteiger partial charge in [0.2, 0.25) is 5.91 Å². The number of allylic oxidation sites excluding steroid dienone is 5.